The van der Waals surface area contributed by atoms with E-state index in [1.54, 1.807) is 45.3 Å². The van der Waals surface area contributed by atoms with Crippen molar-refractivity contribution in [3.05, 3.63) is 112 Å². The first kappa shape index (κ1) is 75.3. The topological polar surface area (TPSA) is 298 Å². The average molecular weight is 1320 g/mol. The van der Waals surface area contributed by atoms with Gasteiger partial charge in [0.2, 0.25) is 0 Å². The molecule has 2 aliphatic rings. The molecule has 1 amide bonds. The molecule has 8 aromatic heterocycles. The molecule has 2 aliphatic carbocycles. The zero-order chi connectivity index (χ0) is 56.3. The monoisotopic (exact) mass is 1310 g/mol. The molecule has 0 unspecified atom stereocenters. The Bertz CT molecular complexity index is 3580. The van der Waals surface area contributed by atoms with Gasteiger partial charge in [-0.15, -0.1) is 45.3 Å². The molecule has 0 spiro atoms. The maximum atomic E-state index is 12.2. The van der Waals surface area contributed by atoms with Crippen LogP contribution in [0.25, 0.3) is 43.6 Å². The van der Waals surface area contributed by atoms with Gasteiger partial charge in [-0.3, -0.25) is 23.7 Å². The fourth-order valence-electron chi connectivity index (χ4n) is 7.36. The summed E-state index contributed by atoms with van der Waals surface area (Å²) in [6, 6.07) is 4.34. The Morgan fingerprint density at radius 2 is 1.07 bits per heavy atom. The summed E-state index contributed by atoms with van der Waals surface area (Å²) in [5.74, 6) is -1.84. The van der Waals surface area contributed by atoms with Crippen LogP contribution in [0.3, 0.4) is 0 Å². The van der Waals surface area contributed by atoms with Crippen LogP contribution < -0.4 is 27.7 Å². The van der Waals surface area contributed by atoms with Crippen molar-refractivity contribution in [1.82, 2.24) is 25.3 Å². The second-order valence-electron chi connectivity index (χ2n) is 15.9. The summed E-state index contributed by atoms with van der Waals surface area (Å²) in [6.45, 7) is 5.78. The third-order valence-corrected chi connectivity index (χ3v) is 14.9. The van der Waals surface area contributed by atoms with Crippen LogP contribution in [0, 0.1) is 22.7 Å². The molecule has 2 fully saturated rings. The number of hydrogen-bond acceptors (Lipinski definition) is 17. The van der Waals surface area contributed by atoms with E-state index in [1.165, 1.54) is 83.9 Å². The van der Waals surface area contributed by atoms with Crippen molar-refractivity contribution < 1.29 is 29.1 Å². The molecule has 0 atom stereocenters. The number of pyridine rings is 4. The molecule has 80 heavy (non-hydrogen) atoms. The van der Waals surface area contributed by atoms with Gasteiger partial charge in [-0.25, -0.2) is 9.78 Å². The van der Waals surface area contributed by atoms with E-state index in [9.17, 15) is 38.8 Å². The number of rotatable bonds is 4. The van der Waals surface area contributed by atoms with E-state index >= 15 is 0 Å². The number of nitrogens with two attached hydrogens (primary N) is 1. The minimum Gasteiger partial charge on any atom is -0.506 e. The Kier molecular flexibility index (Phi) is 34.5. The number of H-pyrrole nitrogens is 3. The van der Waals surface area contributed by atoms with Crippen molar-refractivity contribution >= 4 is 175 Å². The van der Waals surface area contributed by atoms with E-state index in [0.29, 0.717) is 38.4 Å². The van der Waals surface area contributed by atoms with Crippen molar-refractivity contribution in [1.29, 1.82) is 10.5 Å². The van der Waals surface area contributed by atoms with Gasteiger partial charge in [-0.2, -0.15) is 10.5 Å². The summed E-state index contributed by atoms with van der Waals surface area (Å²) in [5, 5.41) is 54.3. The number of amides is 1. The van der Waals surface area contributed by atoms with Gasteiger partial charge in [0.05, 0.1) is 49.5 Å². The number of carbonyl (C=O) groups excluding carboxylic acids is 2. The zero-order valence-corrected chi connectivity index (χ0v) is 49.3. The number of thiophene rings is 4. The molecule has 0 aromatic carbocycles. The molecular formula is C52H65Cl6N8O9PS4. The second kappa shape index (κ2) is 36.7. The molecule has 2 saturated carbocycles. The number of nitrogens with one attached hydrogen (secondary N) is 4. The van der Waals surface area contributed by atoms with Gasteiger partial charge in [0.1, 0.15) is 45.5 Å². The van der Waals surface area contributed by atoms with Crippen LogP contribution in [0.4, 0.5) is 0 Å². The molecule has 8 heterocycles. The maximum absolute atomic E-state index is 12.2. The average Bonchev–Trinajstić information content (AvgIpc) is 4.23. The smallest absolute Gasteiger partial charge is 0.347 e. The number of fused-ring (bicyclic) bond motifs is 4. The highest BCUT2D eigenvalue weighted by atomic mass is 36.0. The molecule has 0 saturated heterocycles. The van der Waals surface area contributed by atoms with E-state index in [1.807, 2.05) is 30.7 Å². The van der Waals surface area contributed by atoms with Crippen LogP contribution in [0.15, 0.2) is 57.4 Å². The summed E-state index contributed by atoms with van der Waals surface area (Å²) in [7, 11) is 0. The summed E-state index contributed by atoms with van der Waals surface area (Å²) >= 11 is 37.0. The number of hydrogen-bond donors (Lipinski definition) is 7. The predicted molar refractivity (Wildman–Crippen MR) is 340 cm³/mol. The fourth-order valence-corrected chi connectivity index (χ4v) is 11.4. The number of nitriles is 2. The SMILES string of the molecule is C.C.C.C.CC.CCOC(=O)c1c(O)c2cscc2[nH]c1=O.N#Cc1c(Cl)c2cscc2[nH]c1=O.N#Cc1c(Cl)nc2cscc2c1Cl.NC1CCCCC1.O=C(NC1CCCCC1)c1c(O)c2cscc2[nH]c1=O.O=P(Cl)(Cl)Cl. The lowest BCUT2D eigenvalue weighted by Gasteiger charge is -2.22. The van der Waals surface area contributed by atoms with E-state index in [2.05, 4.69) is 59.0 Å². The number of esters is 1. The highest BCUT2D eigenvalue weighted by Gasteiger charge is 2.24. The van der Waals surface area contributed by atoms with Gasteiger partial charge in [-0.1, -0.05) is 117 Å². The van der Waals surface area contributed by atoms with Gasteiger partial charge in [-0.05, 0) is 66.3 Å². The molecule has 0 bridgehead atoms. The van der Waals surface area contributed by atoms with E-state index in [0.717, 1.165) is 42.0 Å². The molecular weight excluding hydrogens is 1250 g/mol. The van der Waals surface area contributed by atoms with Crippen LogP contribution in [0.5, 0.6) is 11.5 Å². The van der Waals surface area contributed by atoms with Crippen molar-refractivity contribution in [2.45, 2.75) is 127 Å². The van der Waals surface area contributed by atoms with Crippen LogP contribution in [0.1, 0.15) is 147 Å². The Hall–Kier alpha value is -4.71. The van der Waals surface area contributed by atoms with Gasteiger partial charge < -0.3 is 41.0 Å². The number of aromatic amines is 3. The second-order valence-corrected chi connectivity index (χ2v) is 26.6. The zero-order valence-electron chi connectivity index (χ0n) is 40.6. The lowest BCUT2D eigenvalue weighted by atomic mass is 9.95. The number of aromatic hydroxyl groups is 2. The first-order valence-electron chi connectivity index (χ1n) is 23.0. The van der Waals surface area contributed by atoms with Crippen LogP contribution in [-0.4, -0.2) is 60.7 Å². The number of halogens is 6. The minimum absolute atomic E-state index is 0. The van der Waals surface area contributed by atoms with Crippen molar-refractivity contribution in [2.24, 2.45) is 5.73 Å². The Labute approximate surface area is 509 Å². The molecule has 17 nitrogen and oxygen atoms in total. The first-order valence-corrected chi connectivity index (χ1v) is 32.3. The largest absolute Gasteiger partial charge is 0.506 e. The van der Waals surface area contributed by atoms with Crippen molar-refractivity contribution in [3.8, 4) is 23.6 Å². The summed E-state index contributed by atoms with van der Waals surface area (Å²) in [5.41, 5.74) is 6.22. The Morgan fingerprint density at radius 1 is 0.675 bits per heavy atom. The lowest BCUT2D eigenvalue weighted by Crippen LogP contribution is -2.38. The van der Waals surface area contributed by atoms with Gasteiger partial charge >= 0.3 is 11.2 Å². The van der Waals surface area contributed by atoms with Crippen LogP contribution in [0.2, 0.25) is 15.2 Å². The molecule has 0 aliphatic heterocycles. The van der Waals surface area contributed by atoms with Gasteiger partial charge in [0.15, 0.2) is 5.56 Å². The van der Waals surface area contributed by atoms with Gasteiger partial charge in [0.25, 0.3) is 22.6 Å². The molecule has 8 N–H and O–H groups in total. The van der Waals surface area contributed by atoms with Crippen molar-refractivity contribution in [3.63, 3.8) is 0 Å². The summed E-state index contributed by atoms with van der Waals surface area (Å²) < 4.78 is 14.2. The quantitative estimate of drug-likeness (QED) is 0.0490. The maximum Gasteiger partial charge on any atom is 0.347 e. The summed E-state index contributed by atoms with van der Waals surface area (Å²) in [4.78, 5) is 70.2. The van der Waals surface area contributed by atoms with Gasteiger partial charge in [0, 0.05) is 65.9 Å². The van der Waals surface area contributed by atoms with E-state index < -0.39 is 33.8 Å². The third kappa shape index (κ3) is 21.2. The molecule has 28 heteroatoms. The number of carbonyl (C=O) groups is 2. The molecule has 10 rings (SSSR count). The molecule has 8 aromatic rings. The Balaban J connectivity index is 0.000000958. The third-order valence-electron chi connectivity index (χ3n) is 10.9. The minimum atomic E-state index is -3.22. The highest BCUT2D eigenvalue weighted by Crippen LogP contribution is 2.61. The number of aromatic nitrogens is 4. The number of nitrogens with zero attached hydrogens (tertiary/aromatic N) is 3. The molecule has 0 radical (unpaired) electrons. The van der Waals surface area contributed by atoms with Crippen LogP contribution in [-0.2, 0) is 9.30 Å². The van der Waals surface area contributed by atoms with Crippen LogP contribution >= 0.6 is 119 Å². The Morgan fingerprint density at radius 3 is 1.54 bits per heavy atom. The molecule has 438 valence electrons. The first-order chi connectivity index (χ1) is 36.2. The fraction of sp³-hybridized carbons (Fsp3) is 0.385. The lowest BCUT2D eigenvalue weighted by molar-refractivity contribution is 0.0521. The summed E-state index contributed by atoms with van der Waals surface area (Å²) in [6.07, 6.45) is 11.9. The normalized spacial score (nSPS) is 12.6. The predicted octanol–water partition coefficient (Wildman–Crippen LogP) is 17.1. The highest BCUT2D eigenvalue weighted by molar-refractivity contribution is 8.24. The van der Waals surface area contributed by atoms with E-state index in [-0.39, 0.29) is 86.3 Å². The van der Waals surface area contributed by atoms with E-state index in [4.69, 9.17) is 55.8 Å². The number of ether oxygens (including phenoxy) is 1. The van der Waals surface area contributed by atoms with Crippen molar-refractivity contribution in [2.75, 3.05) is 6.61 Å². The standard InChI is InChI=1S/C14H16N2O3S.C10H9NO4S.C8H2Cl2N2S.C8H3ClN2OS.C6H13N.C2H6.4CH4.Cl3OP/c17-12-9-6-20-7-10(9)16-14(19)11(12)13(18)15-8-4-2-1-3-5-8;1-2-15-10(14)7-8(12)5-3-16-4-6(5)11-9(7)13;9-7-4(1-11)8(10)12-6-3-13-2-5(6)7;9-7-4(1-10)8(12)11-6-3-13-2-5(6)7;7-6-4-2-1-3-5-6;1-2;;;;;1-5(2,3)4/h6-8,17H,1-5H2,(H,15,18)(H,16,19);3-4,12H,2H2,1H3,(H,11,13);2-3H;2-3H,(H,11,12);6H,1-5,7H2;1-2H3;4*1H4;.